The van der Waals surface area contributed by atoms with Crippen molar-refractivity contribution in [2.75, 3.05) is 5.32 Å². The molecule has 2 unspecified atom stereocenters. The number of nitrogens with zero attached hydrogens (tertiary/aromatic N) is 1. The van der Waals surface area contributed by atoms with Crippen LogP contribution in [0.2, 0.25) is 0 Å². The molecule has 0 aliphatic heterocycles. The third-order valence-electron chi connectivity index (χ3n) is 2.22. The lowest BCUT2D eigenvalue weighted by Gasteiger charge is -2.19. The zero-order valence-electron chi connectivity index (χ0n) is 8.71. The van der Waals surface area contributed by atoms with Gasteiger partial charge in [-0.3, -0.25) is 0 Å². The van der Waals surface area contributed by atoms with Crippen molar-refractivity contribution in [3.8, 4) is 0 Å². The topological polar surface area (TPSA) is 50.9 Å². The second-order valence-corrected chi connectivity index (χ2v) is 4.37. The van der Waals surface area contributed by atoms with Gasteiger partial charge in [0, 0.05) is 12.1 Å². The quantitative estimate of drug-likeness (QED) is 0.818. The van der Waals surface area contributed by atoms with E-state index in [0.29, 0.717) is 0 Å². The molecular formula is C10H16BrN3. The predicted octanol–water partition coefficient (Wildman–Crippen LogP) is 2.30. The average molecular weight is 258 g/mol. The van der Waals surface area contributed by atoms with Gasteiger partial charge in [0.1, 0.15) is 4.60 Å². The maximum atomic E-state index is 5.77. The standard InChI is InChI=1S/C10H16BrN3/c1-6(12)7(2)13-9-4-5-10(11)14-8(9)3/h4-7,13H,12H2,1-3H3. The van der Waals surface area contributed by atoms with Gasteiger partial charge in [0.2, 0.25) is 0 Å². The van der Waals surface area contributed by atoms with Crippen molar-refractivity contribution in [1.82, 2.24) is 4.98 Å². The Kier molecular flexibility index (Phi) is 3.89. The highest BCUT2D eigenvalue weighted by molar-refractivity contribution is 9.10. The molecule has 0 aromatic carbocycles. The minimum atomic E-state index is 0.123. The lowest BCUT2D eigenvalue weighted by atomic mass is 10.1. The van der Waals surface area contributed by atoms with Gasteiger partial charge in [-0.25, -0.2) is 4.98 Å². The summed E-state index contributed by atoms with van der Waals surface area (Å²) in [6.07, 6.45) is 0. The van der Waals surface area contributed by atoms with Crippen LogP contribution in [0.3, 0.4) is 0 Å². The maximum absolute atomic E-state index is 5.77. The first-order chi connectivity index (χ1) is 6.50. The zero-order chi connectivity index (χ0) is 10.7. The van der Waals surface area contributed by atoms with Gasteiger partial charge in [-0.15, -0.1) is 0 Å². The summed E-state index contributed by atoms with van der Waals surface area (Å²) in [6, 6.07) is 4.30. The van der Waals surface area contributed by atoms with E-state index in [9.17, 15) is 0 Å². The molecule has 0 aliphatic rings. The molecule has 0 aliphatic carbocycles. The Morgan fingerprint density at radius 1 is 1.43 bits per heavy atom. The fraction of sp³-hybridized carbons (Fsp3) is 0.500. The SMILES string of the molecule is Cc1nc(Br)ccc1NC(C)C(C)N. The van der Waals surface area contributed by atoms with Crippen molar-refractivity contribution in [2.24, 2.45) is 5.73 Å². The molecule has 0 bridgehead atoms. The Morgan fingerprint density at radius 3 is 2.57 bits per heavy atom. The molecule has 1 rings (SSSR count). The van der Waals surface area contributed by atoms with Crippen LogP contribution in [-0.4, -0.2) is 17.1 Å². The summed E-state index contributed by atoms with van der Waals surface area (Å²) >= 11 is 3.33. The summed E-state index contributed by atoms with van der Waals surface area (Å²) < 4.78 is 0.856. The monoisotopic (exact) mass is 257 g/mol. The Labute approximate surface area is 93.2 Å². The highest BCUT2D eigenvalue weighted by Crippen LogP contribution is 2.17. The van der Waals surface area contributed by atoms with E-state index in [0.717, 1.165) is 16.0 Å². The minimum Gasteiger partial charge on any atom is -0.380 e. The Balaban J connectivity index is 2.77. The molecule has 2 atom stereocenters. The fourth-order valence-corrected chi connectivity index (χ4v) is 1.46. The molecule has 1 aromatic heterocycles. The molecule has 0 radical (unpaired) electrons. The van der Waals surface area contributed by atoms with Gasteiger partial charge >= 0.3 is 0 Å². The first-order valence-corrected chi connectivity index (χ1v) is 5.45. The number of halogens is 1. The van der Waals surface area contributed by atoms with Crippen LogP contribution in [0, 0.1) is 6.92 Å². The van der Waals surface area contributed by atoms with Gasteiger partial charge in [-0.1, -0.05) is 0 Å². The maximum Gasteiger partial charge on any atom is 0.106 e. The van der Waals surface area contributed by atoms with Crippen LogP contribution >= 0.6 is 15.9 Å². The number of anilines is 1. The Morgan fingerprint density at radius 2 is 2.07 bits per heavy atom. The van der Waals surface area contributed by atoms with E-state index >= 15 is 0 Å². The number of hydrogen-bond acceptors (Lipinski definition) is 3. The third kappa shape index (κ3) is 2.96. The van der Waals surface area contributed by atoms with E-state index in [1.807, 2.05) is 26.0 Å². The van der Waals surface area contributed by atoms with Crippen molar-refractivity contribution >= 4 is 21.6 Å². The van der Waals surface area contributed by atoms with Crippen molar-refractivity contribution in [2.45, 2.75) is 32.9 Å². The summed E-state index contributed by atoms with van der Waals surface area (Å²) in [6.45, 7) is 6.02. The van der Waals surface area contributed by atoms with Crippen LogP contribution in [0.15, 0.2) is 16.7 Å². The predicted molar refractivity (Wildman–Crippen MR) is 63.4 cm³/mol. The fourth-order valence-electron chi connectivity index (χ4n) is 1.06. The van der Waals surface area contributed by atoms with Gasteiger partial charge in [0.05, 0.1) is 11.4 Å². The van der Waals surface area contributed by atoms with Crippen molar-refractivity contribution in [1.29, 1.82) is 0 Å². The van der Waals surface area contributed by atoms with Crippen molar-refractivity contribution in [3.05, 3.63) is 22.4 Å². The molecule has 1 heterocycles. The second kappa shape index (κ2) is 4.75. The van der Waals surface area contributed by atoms with Crippen molar-refractivity contribution < 1.29 is 0 Å². The molecule has 0 saturated heterocycles. The lowest BCUT2D eigenvalue weighted by Crippen LogP contribution is -2.35. The number of nitrogens with two attached hydrogens (primary N) is 1. The van der Waals surface area contributed by atoms with E-state index < -0.39 is 0 Å². The van der Waals surface area contributed by atoms with Crippen molar-refractivity contribution in [3.63, 3.8) is 0 Å². The molecule has 0 saturated carbocycles. The molecule has 78 valence electrons. The van der Waals surface area contributed by atoms with Crippen LogP contribution in [-0.2, 0) is 0 Å². The van der Waals surface area contributed by atoms with Crippen LogP contribution < -0.4 is 11.1 Å². The lowest BCUT2D eigenvalue weighted by molar-refractivity contribution is 0.637. The molecule has 3 N–H and O–H groups in total. The van der Waals surface area contributed by atoms with Gasteiger partial charge in [-0.2, -0.15) is 0 Å². The second-order valence-electron chi connectivity index (χ2n) is 3.56. The smallest absolute Gasteiger partial charge is 0.106 e. The molecular weight excluding hydrogens is 242 g/mol. The summed E-state index contributed by atoms with van der Waals surface area (Å²) in [7, 11) is 0. The van der Waals surface area contributed by atoms with Crippen LogP contribution in [0.4, 0.5) is 5.69 Å². The first-order valence-electron chi connectivity index (χ1n) is 4.66. The van der Waals surface area contributed by atoms with Crippen LogP contribution in [0.1, 0.15) is 19.5 Å². The summed E-state index contributed by atoms with van der Waals surface area (Å²) in [5.74, 6) is 0. The number of hydrogen-bond donors (Lipinski definition) is 2. The zero-order valence-corrected chi connectivity index (χ0v) is 10.3. The Bertz CT molecular complexity index is 312. The molecule has 3 nitrogen and oxygen atoms in total. The van der Waals surface area contributed by atoms with E-state index in [1.54, 1.807) is 0 Å². The van der Waals surface area contributed by atoms with E-state index in [-0.39, 0.29) is 12.1 Å². The molecule has 0 fully saturated rings. The van der Waals surface area contributed by atoms with Crippen LogP contribution in [0.25, 0.3) is 0 Å². The number of rotatable bonds is 3. The minimum absolute atomic E-state index is 0.123. The summed E-state index contributed by atoms with van der Waals surface area (Å²) in [5.41, 5.74) is 7.79. The first kappa shape index (κ1) is 11.5. The molecule has 0 amide bonds. The molecule has 14 heavy (non-hydrogen) atoms. The summed E-state index contributed by atoms with van der Waals surface area (Å²) in [4.78, 5) is 4.30. The van der Waals surface area contributed by atoms with E-state index in [1.165, 1.54) is 0 Å². The molecule has 0 spiro atoms. The number of nitrogens with one attached hydrogen (secondary N) is 1. The summed E-state index contributed by atoms with van der Waals surface area (Å²) in [5, 5.41) is 3.33. The third-order valence-corrected chi connectivity index (χ3v) is 2.67. The van der Waals surface area contributed by atoms with Gasteiger partial charge in [0.15, 0.2) is 0 Å². The van der Waals surface area contributed by atoms with E-state index in [4.69, 9.17) is 5.73 Å². The largest absolute Gasteiger partial charge is 0.380 e. The normalized spacial score (nSPS) is 14.9. The Hall–Kier alpha value is -0.610. The van der Waals surface area contributed by atoms with Gasteiger partial charge in [-0.05, 0) is 48.8 Å². The van der Waals surface area contributed by atoms with Gasteiger partial charge in [0.25, 0.3) is 0 Å². The average Bonchev–Trinajstić information content (AvgIpc) is 2.09. The van der Waals surface area contributed by atoms with Crippen LogP contribution in [0.5, 0.6) is 0 Å². The number of pyridine rings is 1. The highest BCUT2D eigenvalue weighted by Gasteiger charge is 2.08. The van der Waals surface area contributed by atoms with E-state index in [2.05, 4.69) is 33.2 Å². The molecule has 1 aromatic rings. The van der Waals surface area contributed by atoms with Gasteiger partial charge < -0.3 is 11.1 Å². The highest BCUT2D eigenvalue weighted by atomic mass is 79.9. The molecule has 4 heteroatoms. The number of aromatic nitrogens is 1. The number of aryl methyl sites for hydroxylation is 1.